The van der Waals surface area contributed by atoms with E-state index in [0.29, 0.717) is 39.0 Å². The van der Waals surface area contributed by atoms with E-state index in [1.165, 1.54) is 12.1 Å². The zero-order valence-corrected chi connectivity index (χ0v) is 15.6. The molecule has 1 aromatic rings. The molecule has 0 aliphatic carbocycles. The summed E-state index contributed by atoms with van der Waals surface area (Å²) in [5, 5.41) is 9.17. The van der Waals surface area contributed by atoms with Gasteiger partial charge < -0.3 is 15.5 Å². The molecule has 7 nitrogen and oxygen atoms in total. The molecule has 0 radical (unpaired) electrons. The number of likely N-dealkylation sites (tertiary alicyclic amines) is 3. The number of nitrogens with two attached hydrogens (primary N) is 1. The monoisotopic (exact) mass is 385 g/mol. The number of benzene rings is 1. The number of halogens is 1. The van der Waals surface area contributed by atoms with Gasteiger partial charge in [0.05, 0.1) is 18.2 Å². The van der Waals surface area contributed by atoms with Gasteiger partial charge in [0.1, 0.15) is 11.9 Å². The van der Waals surface area contributed by atoms with Crippen molar-refractivity contribution in [1.82, 2.24) is 14.7 Å². The maximum absolute atomic E-state index is 13.4. The first-order chi connectivity index (χ1) is 13.5. The number of hydrogen-bond donors (Lipinski definition) is 1. The van der Waals surface area contributed by atoms with Crippen molar-refractivity contribution in [3.05, 3.63) is 35.6 Å². The van der Waals surface area contributed by atoms with Crippen LogP contribution in [0.25, 0.3) is 0 Å². The summed E-state index contributed by atoms with van der Waals surface area (Å²) in [4.78, 5) is 30.8. The molecule has 0 saturated carbocycles. The summed E-state index contributed by atoms with van der Waals surface area (Å²) >= 11 is 0. The molecule has 8 heteroatoms. The highest BCUT2D eigenvalue weighted by atomic mass is 19.1. The second-order valence-corrected chi connectivity index (χ2v) is 7.88. The molecule has 2 amide bonds. The van der Waals surface area contributed by atoms with Crippen LogP contribution in [0.3, 0.4) is 0 Å². The number of hydrogen-bond acceptors (Lipinski definition) is 5. The molecule has 2 N–H and O–H groups in total. The fourth-order valence-electron chi connectivity index (χ4n) is 4.68. The van der Waals surface area contributed by atoms with E-state index in [9.17, 15) is 19.2 Å². The molecule has 0 spiro atoms. The second-order valence-electron chi connectivity index (χ2n) is 7.88. The molecular weight excluding hydrogens is 361 g/mol. The average molecular weight is 385 g/mol. The first-order valence-electron chi connectivity index (χ1n) is 9.72. The highest BCUT2D eigenvalue weighted by Crippen LogP contribution is 2.33. The van der Waals surface area contributed by atoms with E-state index in [1.54, 1.807) is 15.9 Å². The predicted molar refractivity (Wildman–Crippen MR) is 99.0 cm³/mol. The van der Waals surface area contributed by atoms with Crippen LogP contribution in [0.2, 0.25) is 0 Å². The van der Waals surface area contributed by atoms with E-state index >= 15 is 0 Å². The lowest BCUT2D eigenvalue weighted by molar-refractivity contribution is -0.139. The molecule has 1 unspecified atom stereocenters. The van der Waals surface area contributed by atoms with Crippen LogP contribution >= 0.6 is 0 Å². The first-order valence-corrected chi connectivity index (χ1v) is 9.72. The normalized spacial score (nSPS) is 28.0. The summed E-state index contributed by atoms with van der Waals surface area (Å²) in [6.07, 6.45) is 2.22. The van der Waals surface area contributed by atoms with Crippen LogP contribution < -0.4 is 5.73 Å². The lowest BCUT2D eigenvalue weighted by atomic mass is 10.1. The van der Waals surface area contributed by atoms with Gasteiger partial charge in [0.2, 0.25) is 11.8 Å². The van der Waals surface area contributed by atoms with Gasteiger partial charge in [-0.05, 0) is 37.0 Å². The summed E-state index contributed by atoms with van der Waals surface area (Å²) in [6.45, 7) is 1.94. The molecule has 4 atom stereocenters. The molecule has 2 bridgehead atoms. The number of rotatable bonds is 5. The third kappa shape index (κ3) is 3.36. The zero-order chi connectivity index (χ0) is 19.8. The summed E-state index contributed by atoms with van der Waals surface area (Å²) < 4.78 is 13.4. The third-order valence-corrected chi connectivity index (χ3v) is 6.07. The standard InChI is InChI=1S/C20H24FN5O2/c21-14-4-1-3-13(7-14)10-26-16-8-18(20(26)28)24(11-16)12-17(23)19(27)25-6-2-5-15(25)9-22/h1,3-4,7,15-18H,2,5-6,8,10-12,23H2/t15-,16-,17?,18-/m0/s1. The molecule has 28 heavy (non-hydrogen) atoms. The fraction of sp³-hybridized carbons (Fsp3) is 0.550. The minimum Gasteiger partial charge on any atom is -0.333 e. The van der Waals surface area contributed by atoms with Crippen molar-refractivity contribution in [2.45, 2.75) is 50.0 Å². The van der Waals surface area contributed by atoms with Gasteiger partial charge in [-0.15, -0.1) is 0 Å². The van der Waals surface area contributed by atoms with E-state index < -0.39 is 12.1 Å². The fourth-order valence-corrected chi connectivity index (χ4v) is 4.68. The Kier molecular flexibility index (Phi) is 5.04. The number of carbonyl (C=O) groups excluding carboxylic acids is 2. The summed E-state index contributed by atoms with van der Waals surface area (Å²) in [6, 6.07) is 7.11. The van der Waals surface area contributed by atoms with Gasteiger partial charge in [-0.1, -0.05) is 12.1 Å². The number of fused-ring (bicyclic) bond motifs is 2. The number of carbonyl (C=O) groups is 2. The van der Waals surface area contributed by atoms with E-state index in [0.717, 1.165) is 12.0 Å². The van der Waals surface area contributed by atoms with Crippen LogP contribution in [-0.4, -0.2) is 70.3 Å². The topological polar surface area (TPSA) is 93.7 Å². The molecule has 148 valence electrons. The number of piperazine rings is 1. The van der Waals surface area contributed by atoms with Gasteiger partial charge in [-0.25, -0.2) is 4.39 Å². The van der Waals surface area contributed by atoms with Crippen LogP contribution in [0.1, 0.15) is 24.8 Å². The van der Waals surface area contributed by atoms with Crippen LogP contribution in [-0.2, 0) is 16.1 Å². The van der Waals surface area contributed by atoms with E-state index in [4.69, 9.17) is 5.73 Å². The van der Waals surface area contributed by atoms with Gasteiger partial charge in [-0.3, -0.25) is 14.5 Å². The van der Waals surface area contributed by atoms with Crippen molar-refractivity contribution in [1.29, 1.82) is 5.26 Å². The second kappa shape index (κ2) is 7.49. The van der Waals surface area contributed by atoms with E-state index in [2.05, 4.69) is 6.07 Å². The molecule has 0 aromatic heterocycles. The van der Waals surface area contributed by atoms with Gasteiger partial charge in [-0.2, -0.15) is 5.26 Å². The Bertz CT molecular complexity index is 825. The van der Waals surface area contributed by atoms with Crippen LogP contribution in [0.15, 0.2) is 24.3 Å². The molecule has 1 aromatic carbocycles. The Morgan fingerprint density at radius 1 is 1.43 bits per heavy atom. The minimum atomic E-state index is -0.738. The van der Waals surface area contributed by atoms with Crippen molar-refractivity contribution in [3.8, 4) is 6.07 Å². The highest BCUT2D eigenvalue weighted by Gasteiger charge is 2.50. The van der Waals surface area contributed by atoms with Crippen LogP contribution in [0.4, 0.5) is 4.39 Å². The van der Waals surface area contributed by atoms with Gasteiger partial charge >= 0.3 is 0 Å². The maximum atomic E-state index is 13.4. The van der Waals surface area contributed by atoms with Crippen molar-refractivity contribution in [2.24, 2.45) is 5.73 Å². The number of amides is 2. The Morgan fingerprint density at radius 2 is 2.25 bits per heavy atom. The molecule has 3 aliphatic heterocycles. The number of nitriles is 1. The lowest BCUT2D eigenvalue weighted by Gasteiger charge is -2.35. The van der Waals surface area contributed by atoms with Crippen molar-refractivity contribution in [2.75, 3.05) is 19.6 Å². The molecule has 3 heterocycles. The van der Waals surface area contributed by atoms with Gasteiger partial charge in [0.25, 0.3) is 0 Å². The van der Waals surface area contributed by atoms with Crippen LogP contribution in [0, 0.1) is 17.1 Å². The van der Waals surface area contributed by atoms with Crippen molar-refractivity contribution >= 4 is 11.8 Å². The Hall–Kier alpha value is -2.50. The maximum Gasteiger partial charge on any atom is 0.241 e. The van der Waals surface area contributed by atoms with Crippen molar-refractivity contribution in [3.63, 3.8) is 0 Å². The van der Waals surface area contributed by atoms with Crippen LogP contribution in [0.5, 0.6) is 0 Å². The summed E-state index contributed by atoms with van der Waals surface area (Å²) in [5.41, 5.74) is 6.91. The van der Waals surface area contributed by atoms with Gasteiger partial charge in [0.15, 0.2) is 0 Å². The first kappa shape index (κ1) is 18.8. The minimum absolute atomic E-state index is 0.0104. The Balaban J connectivity index is 1.36. The van der Waals surface area contributed by atoms with Gasteiger partial charge in [0, 0.05) is 32.2 Å². The Morgan fingerprint density at radius 3 is 2.96 bits per heavy atom. The summed E-state index contributed by atoms with van der Waals surface area (Å²) in [5.74, 6) is -0.509. The summed E-state index contributed by atoms with van der Waals surface area (Å²) in [7, 11) is 0. The average Bonchev–Trinajstić information content (AvgIpc) is 3.37. The predicted octanol–water partition coefficient (Wildman–Crippen LogP) is 0.453. The largest absolute Gasteiger partial charge is 0.333 e. The lowest BCUT2D eigenvalue weighted by Crippen LogP contribution is -2.56. The molecule has 3 saturated heterocycles. The SMILES string of the molecule is N#C[C@@H]1CCCN1C(=O)C(N)CN1C[C@@H]2C[C@H]1C(=O)N2Cc1cccc(F)c1. The van der Waals surface area contributed by atoms with E-state index in [-0.39, 0.29) is 29.7 Å². The number of nitrogens with zero attached hydrogens (tertiary/aromatic N) is 4. The molecule has 3 fully saturated rings. The van der Waals surface area contributed by atoms with E-state index in [1.807, 2.05) is 11.0 Å². The highest BCUT2D eigenvalue weighted by molar-refractivity contribution is 5.86. The molecule has 3 aliphatic rings. The third-order valence-electron chi connectivity index (χ3n) is 6.07. The zero-order valence-electron chi connectivity index (χ0n) is 15.6. The Labute approximate surface area is 163 Å². The smallest absolute Gasteiger partial charge is 0.241 e. The quantitative estimate of drug-likeness (QED) is 0.794. The van der Waals surface area contributed by atoms with Crippen molar-refractivity contribution < 1.29 is 14.0 Å². The molecular formula is C20H24FN5O2. The molecule has 4 rings (SSSR count).